The minimum Gasteiger partial charge on any atom is -0.285 e. The lowest BCUT2D eigenvalue weighted by Gasteiger charge is -2.35. The quantitative estimate of drug-likeness (QED) is 0.622. The van der Waals surface area contributed by atoms with Crippen LogP contribution in [0.1, 0.15) is 36.1 Å². The van der Waals surface area contributed by atoms with E-state index in [1.165, 1.54) is 22.4 Å². The molecule has 5 nitrogen and oxygen atoms in total. The monoisotopic (exact) mass is 424 g/mol. The number of amides is 1. The predicted octanol–water partition coefficient (Wildman–Crippen LogP) is 4.50. The highest BCUT2D eigenvalue weighted by Gasteiger charge is 2.39. The number of hydrogen-bond acceptors (Lipinski definition) is 3. The van der Waals surface area contributed by atoms with Gasteiger partial charge in [0.1, 0.15) is 0 Å². The summed E-state index contributed by atoms with van der Waals surface area (Å²) < 4.78 is 1.96. The molecule has 0 saturated carbocycles. The molecule has 2 atom stereocenters. The normalized spacial score (nSPS) is 22.2. The van der Waals surface area contributed by atoms with Crippen LogP contribution in [0.4, 0.5) is 11.4 Å². The standard InChI is InChI=1S/C27H28N4O/c1-29-24(14-15-28-29)21-16-22-12-13-23(17-21)30(22)18-27(32)31-25-8-4-2-6-19(25)10-11-20-7-3-5-9-26(20)31/h2-9,14-16,22-23H,10-13,17-18H2,1H3. The molecule has 3 aliphatic rings. The number of carbonyl (C=O) groups is 1. The van der Waals surface area contributed by atoms with Crippen molar-refractivity contribution in [2.24, 2.45) is 7.05 Å². The van der Waals surface area contributed by atoms with E-state index in [0.29, 0.717) is 18.6 Å². The number of carbonyl (C=O) groups excluding carboxylic acids is 1. The van der Waals surface area contributed by atoms with Crippen molar-refractivity contribution in [3.05, 3.63) is 83.7 Å². The van der Waals surface area contributed by atoms with Crippen molar-refractivity contribution >= 4 is 22.9 Å². The average molecular weight is 425 g/mol. The highest BCUT2D eigenvalue weighted by molar-refractivity contribution is 6.03. The molecule has 2 unspecified atom stereocenters. The van der Waals surface area contributed by atoms with Crippen LogP contribution in [-0.2, 0) is 24.7 Å². The Kier molecular flexibility index (Phi) is 4.72. The van der Waals surface area contributed by atoms with Gasteiger partial charge in [0.05, 0.1) is 23.6 Å². The zero-order valence-corrected chi connectivity index (χ0v) is 18.4. The van der Waals surface area contributed by atoms with Crippen molar-refractivity contribution in [3.8, 4) is 0 Å². The van der Waals surface area contributed by atoms with Crippen molar-refractivity contribution in [1.82, 2.24) is 14.7 Å². The maximum absolute atomic E-state index is 13.9. The molecule has 1 amide bonds. The van der Waals surface area contributed by atoms with Gasteiger partial charge in [-0.2, -0.15) is 5.10 Å². The zero-order chi connectivity index (χ0) is 21.7. The van der Waals surface area contributed by atoms with Crippen LogP contribution in [0.5, 0.6) is 0 Å². The smallest absolute Gasteiger partial charge is 0.245 e. The lowest BCUT2D eigenvalue weighted by atomic mass is 9.98. The van der Waals surface area contributed by atoms with E-state index in [0.717, 1.165) is 43.5 Å². The number of para-hydroxylation sites is 2. The third-order valence-electron chi connectivity index (χ3n) is 7.39. The van der Waals surface area contributed by atoms with Gasteiger partial charge in [-0.25, -0.2) is 0 Å². The summed E-state index contributed by atoms with van der Waals surface area (Å²) in [4.78, 5) is 18.3. The lowest BCUT2D eigenvalue weighted by molar-refractivity contribution is -0.119. The highest BCUT2D eigenvalue weighted by atomic mass is 16.2. The van der Waals surface area contributed by atoms with Gasteiger partial charge < -0.3 is 0 Å². The first kappa shape index (κ1) is 19.5. The summed E-state index contributed by atoms with van der Waals surface area (Å²) in [6, 6.07) is 19.6. The Hall–Kier alpha value is -3.18. The first-order valence-electron chi connectivity index (χ1n) is 11.6. The molecule has 0 radical (unpaired) electrons. The summed E-state index contributed by atoms with van der Waals surface area (Å²) >= 11 is 0. The number of anilines is 2. The number of fused-ring (bicyclic) bond motifs is 4. The second-order valence-corrected chi connectivity index (χ2v) is 9.19. The third kappa shape index (κ3) is 3.19. The summed E-state index contributed by atoms with van der Waals surface area (Å²) in [5.41, 5.74) is 7.14. The Morgan fingerprint density at radius 3 is 2.28 bits per heavy atom. The molecule has 1 aromatic heterocycles. The summed E-state index contributed by atoms with van der Waals surface area (Å²) in [5, 5.41) is 4.34. The van der Waals surface area contributed by atoms with Crippen LogP contribution < -0.4 is 4.90 Å². The van der Waals surface area contributed by atoms with Crippen LogP contribution in [-0.4, -0.2) is 39.2 Å². The Morgan fingerprint density at radius 2 is 1.66 bits per heavy atom. The molecule has 0 aliphatic carbocycles. The lowest BCUT2D eigenvalue weighted by Crippen LogP contribution is -2.45. The minimum absolute atomic E-state index is 0.168. The maximum Gasteiger partial charge on any atom is 0.245 e. The molecule has 1 fully saturated rings. The Labute approximate surface area is 189 Å². The van der Waals surface area contributed by atoms with Gasteiger partial charge in [-0.05, 0) is 67.0 Å². The molecular formula is C27H28N4O. The van der Waals surface area contributed by atoms with Gasteiger partial charge in [-0.1, -0.05) is 42.5 Å². The molecule has 162 valence electrons. The number of benzene rings is 2. The topological polar surface area (TPSA) is 41.4 Å². The minimum atomic E-state index is 0.168. The molecule has 1 saturated heterocycles. The summed E-state index contributed by atoms with van der Waals surface area (Å²) in [6.45, 7) is 0.452. The number of nitrogens with zero attached hydrogens (tertiary/aromatic N) is 4. The van der Waals surface area contributed by atoms with Gasteiger partial charge in [-0.15, -0.1) is 0 Å². The van der Waals surface area contributed by atoms with Crippen LogP contribution >= 0.6 is 0 Å². The highest BCUT2D eigenvalue weighted by Crippen LogP contribution is 2.40. The largest absolute Gasteiger partial charge is 0.285 e. The Balaban J connectivity index is 1.32. The van der Waals surface area contributed by atoms with Crippen molar-refractivity contribution in [3.63, 3.8) is 0 Å². The van der Waals surface area contributed by atoms with Crippen LogP contribution in [0.2, 0.25) is 0 Å². The number of aryl methyl sites for hydroxylation is 3. The van der Waals surface area contributed by atoms with Gasteiger partial charge in [-0.3, -0.25) is 19.3 Å². The van der Waals surface area contributed by atoms with Crippen LogP contribution in [0.3, 0.4) is 0 Å². The molecule has 3 aliphatic heterocycles. The second kappa shape index (κ2) is 7.75. The summed E-state index contributed by atoms with van der Waals surface area (Å²) in [6.07, 6.45) is 9.40. The Morgan fingerprint density at radius 1 is 0.969 bits per heavy atom. The van der Waals surface area contributed by atoms with Gasteiger partial charge in [0.15, 0.2) is 0 Å². The van der Waals surface area contributed by atoms with Crippen molar-refractivity contribution in [2.45, 2.75) is 44.2 Å². The fourth-order valence-corrected chi connectivity index (χ4v) is 5.82. The van der Waals surface area contributed by atoms with Crippen LogP contribution in [0.25, 0.3) is 5.57 Å². The molecule has 32 heavy (non-hydrogen) atoms. The van der Waals surface area contributed by atoms with E-state index in [-0.39, 0.29) is 5.91 Å². The molecule has 6 rings (SSSR count). The molecule has 2 bridgehead atoms. The van der Waals surface area contributed by atoms with Crippen LogP contribution in [0, 0.1) is 0 Å². The number of rotatable bonds is 3. The second-order valence-electron chi connectivity index (χ2n) is 9.19. The zero-order valence-electron chi connectivity index (χ0n) is 18.4. The average Bonchev–Trinajstić information content (AvgIpc) is 3.26. The fraction of sp³-hybridized carbons (Fsp3) is 0.333. The van der Waals surface area contributed by atoms with E-state index >= 15 is 0 Å². The van der Waals surface area contributed by atoms with Crippen molar-refractivity contribution in [1.29, 1.82) is 0 Å². The van der Waals surface area contributed by atoms with Gasteiger partial charge in [0.2, 0.25) is 5.91 Å². The number of aromatic nitrogens is 2. The molecule has 5 heteroatoms. The van der Waals surface area contributed by atoms with Gasteiger partial charge >= 0.3 is 0 Å². The van der Waals surface area contributed by atoms with Crippen molar-refractivity contribution in [2.75, 3.05) is 11.4 Å². The first-order chi connectivity index (χ1) is 15.7. The molecule has 0 N–H and O–H groups in total. The predicted molar refractivity (Wildman–Crippen MR) is 127 cm³/mol. The molecule has 4 heterocycles. The maximum atomic E-state index is 13.9. The van der Waals surface area contributed by atoms with E-state index in [1.54, 1.807) is 0 Å². The SMILES string of the molecule is Cn1nccc1C1=CC2CCC(C1)N2CC(=O)N1c2ccccc2CCc2ccccc21. The summed E-state index contributed by atoms with van der Waals surface area (Å²) in [5.74, 6) is 0.168. The third-order valence-corrected chi connectivity index (χ3v) is 7.39. The van der Waals surface area contributed by atoms with E-state index < -0.39 is 0 Å². The van der Waals surface area contributed by atoms with Gasteiger partial charge in [0, 0.05) is 25.3 Å². The molecule has 3 aromatic rings. The number of hydrogen-bond donors (Lipinski definition) is 0. The summed E-state index contributed by atoms with van der Waals surface area (Å²) in [7, 11) is 2.00. The molecule has 0 spiro atoms. The molecule has 2 aromatic carbocycles. The van der Waals surface area contributed by atoms with E-state index in [2.05, 4.69) is 58.5 Å². The van der Waals surface area contributed by atoms with Gasteiger partial charge in [0.25, 0.3) is 0 Å². The van der Waals surface area contributed by atoms with E-state index in [1.807, 2.05) is 35.0 Å². The fourth-order valence-electron chi connectivity index (χ4n) is 5.82. The van der Waals surface area contributed by atoms with E-state index in [9.17, 15) is 4.79 Å². The van der Waals surface area contributed by atoms with E-state index in [4.69, 9.17) is 0 Å². The van der Waals surface area contributed by atoms with Crippen LogP contribution in [0.15, 0.2) is 66.9 Å². The van der Waals surface area contributed by atoms with Crippen molar-refractivity contribution < 1.29 is 4.79 Å². The first-order valence-corrected chi connectivity index (χ1v) is 11.6. The Bertz CT molecular complexity index is 1160. The molecular weight excluding hydrogens is 396 g/mol.